The Balaban J connectivity index is 1.98. The van der Waals surface area contributed by atoms with Gasteiger partial charge in [0.1, 0.15) is 5.75 Å². The quantitative estimate of drug-likeness (QED) is 0.512. The average Bonchev–Trinajstić information content (AvgIpc) is 2.63. The highest BCUT2D eigenvalue weighted by molar-refractivity contribution is 5.85. The van der Waals surface area contributed by atoms with Crippen molar-refractivity contribution in [3.63, 3.8) is 0 Å². The second-order valence-electron chi connectivity index (χ2n) is 6.05. The number of Topliss-reactive ketones (excluding diaryl/α,β-unsaturated/α-hetero) is 1. The Morgan fingerprint density at radius 2 is 1.46 bits per heavy atom. The molecule has 2 N–H and O–H groups in total. The summed E-state index contributed by atoms with van der Waals surface area (Å²) < 4.78 is 81.8. The van der Waals surface area contributed by atoms with Gasteiger partial charge in [-0.2, -0.15) is 26.3 Å². The first kappa shape index (κ1) is 21.7. The molecular formula is C19H17F6NO2. The fourth-order valence-electron chi connectivity index (χ4n) is 2.45. The van der Waals surface area contributed by atoms with Gasteiger partial charge in [0.05, 0.1) is 23.8 Å². The molecular weight excluding hydrogens is 388 g/mol. The summed E-state index contributed by atoms with van der Waals surface area (Å²) >= 11 is 0. The minimum absolute atomic E-state index is 0.0231. The summed E-state index contributed by atoms with van der Waals surface area (Å²) in [5, 5.41) is 0. The molecule has 0 fully saturated rings. The van der Waals surface area contributed by atoms with Crippen LogP contribution in [-0.2, 0) is 17.1 Å². The molecule has 2 rings (SSSR count). The van der Waals surface area contributed by atoms with Crippen LogP contribution in [0.15, 0.2) is 48.5 Å². The Morgan fingerprint density at radius 3 is 1.96 bits per heavy atom. The van der Waals surface area contributed by atoms with Gasteiger partial charge in [-0.1, -0.05) is 30.3 Å². The molecule has 0 radical (unpaired) electrons. The number of rotatable bonds is 7. The van der Waals surface area contributed by atoms with Crippen LogP contribution in [0.2, 0.25) is 0 Å². The molecule has 28 heavy (non-hydrogen) atoms. The number of ketones is 1. The van der Waals surface area contributed by atoms with E-state index >= 15 is 0 Å². The van der Waals surface area contributed by atoms with Gasteiger partial charge in [-0.3, -0.25) is 4.79 Å². The van der Waals surface area contributed by atoms with Gasteiger partial charge in [-0.15, -0.1) is 0 Å². The second-order valence-corrected chi connectivity index (χ2v) is 6.05. The molecule has 2 aromatic carbocycles. The lowest BCUT2D eigenvalue weighted by Gasteiger charge is -2.15. The zero-order valence-electron chi connectivity index (χ0n) is 14.5. The number of hydrogen-bond acceptors (Lipinski definition) is 3. The van der Waals surface area contributed by atoms with Crippen molar-refractivity contribution >= 4 is 5.78 Å². The van der Waals surface area contributed by atoms with Crippen LogP contribution in [0.4, 0.5) is 26.3 Å². The fraction of sp³-hybridized carbons (Fsp3) is 0.316. The van der Waals surface area contributed by atoms with E-state index in [0.717, 1.165) is 0 Å². The van der Waals surface area contributed by atoms with Crippen molar-refractivity contribution in [2.75, 3.05) is 6.61 Å². The molecule has 0 heterocycles. The smallest absolute Gasteiger partial charge is 0.416 e. The SMILES string of the molecule is N[C@H](C(=O)CCCOc1cc(C(F)(F)F)cc(C(F)(F)F)c1)c1ccccc1. The summed E-state index contributed by atoms with van der Waals surface area (Å²) in [6.07, 6.45) is -9.83. The van der Waals surface area contributed by atoms with Crippen molar-refractivity contribution in [2.24, 2.45) is 5.73 Å². The van der Waals surface area contributed by atoms with Gasteiger partial charge in [0, 0.05) is 6.42 Å². The molecule has 1 atom stereocenters. The van der Waals surface area contributed by atoms with Gasteiger partial charge >= 0.3 is 12.4 Å². The average molecular weight is 405 g/mol. The maximum Gasteiger partial charge on any atom is 0.416 e. The number of carbonyl (C=O) groups is 1. The number of hydrogen-bond donors (Lipinski definition) is 1. The van der Waals surface area contributed by atoms with Crippen molar-refractivity contribution in [3.05, 3.63) is 65.2 Å². The lowest BCUT2D eigenvalue weighted by molar-refractivity contribution is -0.143. The maximum atomic E-state index is 12.8. The molecule has 0 bridgehead atoms. The number of benzene rings is 2. The summed E-state index contributed by atoms with van der Waals surface area (Å²) in [5.74, 6) is -0.878. The maximum absolute atomic E-state index is 12.8. The van der Waals surface area contributed by atoms with Crippen molar-refractivity contribution < 1.29 is 35.9 Å². The monoisotopic (exact) mass is 405 g/mol. The standard InChI is InChI=1S/C19H17F6NO2/c20-18(21,22)13-9-14(19(23,24)25)11-15(10-13)28-8-4-7-16(27)17(26)12-5-2-1-3-6-12/h1-3,5-6,9-11,17H,4,7-8,26H2/t17-/m0/s1. The van der Waals surface area contributed by atoms with Gasteiger partial charge in [0.15, 0.2) is 5.78 Å². The van der Waals surface area contributed by atoms with Gasteiger partial charge in [-0.05, 0) is 30.2 Å². The molecule has 9 heteroatoms. The minimum atomic E-state index is -4.95. The van der Waals surface area contributed by atoms with Crippen LogP contribution in [0.3, 0.4) is 0 Å². The summed E-state index contributed by atoms with van der Waals surface area (Å²) in [5.41, 5.74) is 3.52. The molecule has 0 aliphatic carbocycles. The lowest BCUT2D eigenvalue weighted by Crippen LogP contribution is -2.21. The van der Waals surface area contributed by atoms with E-state index in [-0.39, 0.29) is 31.3 Å². The lowest BCUT2D eigenvalue weighted by atomic mass is 10.0. The molecule has 0 unspecified atom stereocenters. The van der Waals surface area contributed by atoms with Gasteiger partial charge in [0.25, 0.3) is 0 Å². The minimum Gasteiger partial charge on any atom is -0.494 e. The summed E-state index contributed by atoms with van der Waals surface area (Å²) in [6.45, 7) is -0.230. The van der Waals surface area contributed by atoms with E-state index in [4.69, 9.17) is 10.5 Å². The van der Waals surface area contributed by atoms with E-state index in [1.54, 1.807) is 30.3 Å². The van der Waals surface area contributed by atoms with Gasteiger partial charge in [-0.25, -0.2) is 0 Å². The van der Waals surface area contributed by atoms with Crippen LogP contribution in [0.5, 0.6) is 5.75 Å². The summed E-state index contributed by atoms with van der Waals surface area (Å²) in [4.78, 5) is 12.0. The Labute approximate surface area is 157 Å². The predicted molar refractivity (Wildman–Crippen MR) is 89.6 cm³/mol. The Bertz CT molecular complexity index is 770. The van der Waals surface area contributed by atoms with Crippen LogP contribution in [-0.4, -0.2) is 12.4 Å². The van der Waals surface area contributed by atoms with Crippen LogP contribution in [0, 0.1) is 0 Å². The van der Waals surface area contributed by atoms with E-state index in [2.05, 4.69) is 0 Å². The number of nitrogens with two attached hydrogens (primary N) is 1. The highest BCUT2D eigenvalue weighted by Gasteiger charge is 2.37. The largest absolute Gasteiger partial charge is 0.494 e. The van der Waals surface area contributed by atoms with E-state index in [1.165, 1.54) is 0 Å². The molecule has 0 amide bonds. The third-order valence-corrected chi connectivity index (χ3v) is 3.90. The number of carbonyl (C=O) groups excluding carboxylic acids is 1. The Morgan fingerprint density at radius 1 is 0.929 bits per heavy atom. The van der Waals surface area contributed by atoms with Crippen LogP contribution in [0.1, 0.15) is 35.6 Å². The highest BCUT2D eigenvalue weighted by atomic mass is 19.4. The molecule has 152 valence electrons. The first-order valence-corrected chi connectivity index (χ1v) is 8.24. The molecule has 0 saturated carbocycles. The van der Waals surface area contributed by atoms with Crippen molar-refractivity contribution in [3.8, 4) is 5.75 Å². The first-order chi connectivity index (χ1) is 13.0. The van der Waals surface area contributed by atoms with Crippen molar-refractivity contribution in [1.29, 1.82) is 0 Å². The normalized spacial score (nSPS) is 13.2. The highest BCUT2D eigenvalue weighted by Crippen LogP contribution is 2.38. The number of halogens is 6. The Hall–Kier alpha value is -2.55. The zero-order valence-corrected chi connectivity index (χ0v) is 14.5. The fourth-order valence-corrected chi connectivity index (χ4v) is 2.45. The van der Waals surface area contributed by atoms with E-state index in [0.29, 0.717) is 17.7 Å². The number of ether oxygens (including phenoxy) is 1. The third-order valence-electron chi connectivity index (χ3n) is 3.90. The zero-order chi connectivity index (χ0) is 20.9. The van der Waals surface area contributed by atoms with Crippen LogP contribution < -0.4 is 10.5 Å². The molecule has 0 aliphatic heterocycles. The van der Waals surface area contributed by atoms with Crippen LogP contribution in [0.25, 0.3) is 0 Å². The molecule has 0 spiro atoms. The molecule has 3 nitrogen and oxygen atoms in total. The van der Waals surface area contributed by atoms with Crippen molar-refractivity contribution in [1.82, 2.24) is 0 Å². The first-order valence-electron chi connectivity index (χ1n) is 8.24. The third kappa shape index (κ3) is 5.98. The van der Waals surface area contributed by atoms with E-state index < -0.39 is 35.3 Å². The summed E-state index contributed by atoms with van der Waals surface area (Å²) in [6, 6.07) is 8.72. The van der Waals surface area contributed by atoms with E-state index in [1.807, 2.05) is 0 Å². The van der Waals surface area contributed by atoms with Crippen molar-refractivity contribution in [2.45, 2.75) is 31.2 Å². The van der Waals surface area contributed by atoms with E-state index in [9.17, 15) is 31.1 Å². The topological polar surface area (TPSA) is 52.3 Å². The predicted octanol–water partition coefficient (Wildman–Crippen LogP) is 5.15. The van der Waals surface area contributed by atoms with Crippen LogP contribution >= 0.6 is 0 Å². The molecule has 0 aliphatic rings. The molecule has 0 aromatic heterocycles. The van der Waals surface area contributed by atoms with Gasteiger partial charge in [0.2, 0.25) is 0 Å². The Kier molecular flexibility index (Phi) is 6.71. The summed E-state index contributed by atoms with van der Waals surface area (Å²) in [7, 11) is 0. The molecule has 2 aromatic rings. The second kappa shape index (κ2) is 8.64. The number of alkyl halides is 6. The molecule has 0 saturated heterocycles. The van der Waals surface area contributed by atoms with Gasteiger partial charge < -0.3 is 10.5 Å².